The molecule has 0 aromatic heterocycles. The predicted molar refractivity (Wildman–Crippen MR) is 89.9 cm³/mol. The summed E-state index contributed by atoms with van der Waals surface area (Å²) < 4.78 is 20.3. The highest BCUT2D eigenvalue weighted by Gasteiger charge is 2.06. The first-order chi connectivity index (χ1) is 10.1. The van der Waals surface area contributed by atoms with Gasteiger partial charge >= 0.3 is 0 Å². The lowest BCUT2D eigenvalue weighted by atomic mass is 10.2. The minimum Gasteiger partial charge on any atom is -0.481 e. The summed E-state index contributed by atoms with van der Waals surface area (Å²) in [4.78, 5) is 0. The van der Waals surface area contributed by atoms with Gasteiger partial charge in [-0.15, -0.1) is 6.42 Å². The highest BCUT2D eigenvalue weighted by molar-refractivity contribution is 9.10. The molecule has 5 heteroatoms. The summed E-state index contributed by atoms with van der Waals surface area (Å²) in [6.45, 7) is 0.710. The lowest BCUT2D eigenvalue weighted by molar-refractivity contribution is 0.366. The maximum Gasteiger partial charge on any atom is 0.148 e. The van der Waals surface area contributed by atoms with Crippen LogP contribution in [0.1, 0.15) is 5.56 Å². The Balaban J connectivity index is 2.13. The van der Waals surface area contributed by atoms with E-state index in [-0.39, 0.29) is 12.4 Å². The van der Waals surface area contributed by atoms with E-state index in [1.54, 1.807) is 12.1 Å². The lowest BCUT2D eigenvalue weighted by Crippen LogP contribution is -2.04. The molecule has 0 radical (unpaired) electrons. The van der Waals surface area contributed by atoms with Crippen molar-refractivity contribution in [2.75, 3.05) is 11.9 Å². The Bertz CT molecular complexity index is 682. The summed E-state index contributed by atoms with van der Waals surface area (Å²) in [5.74, 6) is 2.84. The van der Waals surface area contributed by atoms with Gasteiger partial charge in [-0.05, 0) is 52.3 Å². The summed E-state index contributed by atoms with van der Waals surface area (Å²) >= 11 is 6.55. The van der Waals surface area contributed by atoms with Crippen molar-refractivity contribution in [2.45, 2.75) is 6.54 Å². The molecule has 0 bridgehead atoms. The zero-order chi connectivity index (χ0) is 15.2. The maximum atomic E-state index is 13.5. The number of hydrogen-bond donors (Lipinski definition) is 1. The van der Waals surface area contributed by atoms with Crippen molar-refractivity contribution < 1.29 is 9.13 Å². The Hall–Kier alpha value is -1.51. The molecular weight excluding hydrogens is 401 g/mol. The molecule has 2 rings (SSSR count). The first-order valence-corrected chi connectivity index (χ1v) is 7.72. The fourth-order valence-electron chi connectivity index (χ4n) is 1.75. The third-order valence-electron chi connectivity index (χ3n) is 2.74. The second kappa shape index (κ2) is 7.48. The predicted octanol–water partition coefficient (Wildman–Crippen LogP) is 4.97. The van der Waals surface area contributed by atoms with Crippen LogP contribution in [0.4, 0.5) is 10.1 Å². The number of halogens is 3. The zero-order valence-electron chi connectivity index (χ0n) is 11.0. The molecule has 0 saturated carbocycles. The topological polar surface area (TPSA) is 21.3 Å². The number of benzene rings is 2. The first-order valence-electron chi connectivity index (χ1n) is 6.14. The molecule has 0 aliphatic carbocycles. The molecule has 108 valence electrons. The summed E-state index contributed by atoms with van der Waals surface area (Å²) in [6, 6.07) is 10.6. The summed E-state index contributed by atoms with van der Waals surface area (Å²) in [6.07, 6.45) is 5.21. The molecular formula is C16H12Br2FNO. The van der Waals surface area contributed by atoms with Crippen LogP contribution in [0.5, 0.6) is 5.75 Å². The molecule has 1 N–H and O–H groups in total. The molecule has 2 nitrogen and oxygen atoms in total. The van der Waals surface area contributed by atoms with E-state index in [9.17, 15) is 4.39 Å². The van der Waals surface area contributed by atoms with Crippen molar-refractivity contribution >= 4 is 37.5 Å². The maximum absolute atomic E-state index is 13.5. The van der Waals surface area contributed by atoms with Gasteiger partial charge in [-0.1, -0.05) is 21.9 Å². The molecule has 0 heterocycles. The molecule has 21 heavy (non-hydrogen) atoms. The Labute approximate surface area is 140 Å². The van der Waals surface area contributed by atoms with Crippen LogP contribution in [0.25, 0.3) is 0 Å². The van der Waals surface area contributed by atoms with Crippen LogP contribution in [-0.2, 0) is 6.54 Å². The average molecular weight is 413 g/mol. The van der Waals surface area contributed by atoms with Crippen molar-refractivity contribution in [3.05, 3.63) is 56.7 Å². The zero-order valence-corrected chi connectivity index (χ0v) is 14.2. The molecule has 0 aliphatic heterocycles. The Morgan fingerprint density at radius 1 is 1.19 bits per heavy atom. The van der Waals surface area contributed by atoms with Gasteiger partial charge in [0.2, 0.25) is 0 Å². The molecule has 0 saturated heterocycles. The summed E-state index contributed by atoms with van der Waals surface area (Å²) in [5, 5.41) is 3.16. The van der Waals surface area contributed by atoms with Crippen molar-refractivity contribution in [3.63, 3.8) is 0 Å². The highest BCUT2D eigenvalue weighted by Crippen LogP contribution is 2.25. The van der Waals surface area contributed by atoms with E-state index in [1.165, 1.54) is 6.07 Å². The molecule has 0 unspecified atom stereocenters. The molecule has 0 spiro atoms. The second-order valence-electron chi connectivity index (χ2n) is 4.23. The molecule has 2 aromatic carbocycles. The molecule has 0 atom stereocenters. The number of terminal acetylenes is 1. The molecule has 0 fully saturated rings. The summed E-state index contributed by atoms with van der Waals surface area (Å²) in [7, 11) is 0. The van der Waals surface area contributed by atoms with Crippen LogP contribution in [0.2, 0.25) is 0 Å². The third-order valence-corrected chi connectivity index (χ3v) is 3.87. The standard InChI is InChI=1S/C16H12Br2FNO/c1-2-7-21-16-6-3-12(17)8-11(16)10-20-13-4-5-14(18)15(19)9-13/h1,3-6,8-9,20H,7,10H2. The number of anilines is 1. The second-order valence-corrected chi connectivity index (χ2v) is 6.00. The van der Waals surface area contributed by atoms with Crippen LogP contribution in [0.3, 0.4) is 0 Å². The van der Waals surface area contributed by atoms with Gasteiger partial charge in [0.25, 0.3) is 0 Å². The van der Waals surface area contributed by atoms with Gasteiger partial charge in [-0.25, -0.2) is 4.39 Å². The first kappa shape index (κ1) is 15.9. The number of nitrogens with one attached hydrogen (secondary N) is 1. The SMILES string of the molecule is C#CCOc1ccc(Br)cc1CNc1ccc(Br)c(F)c1. The normalized spacial score (nSPS) is 10.0. The van der Waals surface area contributed by atoms with Gasteiger partial charge in [0.05, 0.1) is 4.47 Å². The van der Waals surface area contributed by atoms with E-state index < -0.39 is 0 Å². The molecule has 0 amide bonds. The monoisotopic (exact) mass is 411 g/mol. The number of hydrogen-bond acceptors (Lipinski definition) is 2. The van der Waals surface area contributed by atoms with Gasteiger partial charge in [0.15, 0.2) is 0 Å². The van der Waals surface area contributed by atoms with E-state index in [0.29, 0.717) is 22.5 Å². The lowest BCUT2D eigenvalue weighted by Gasteiger charge is -2.12. The van der Waals surface area contributed by atoms with Crippen LogP contribution < -0.4 is 10.1 Å². The minimum absolute atomic E-state index is 0.210. The van der Waals surface area contributed by atoms with Gasteiger partial charge in [0.1, 0.15) is 18.2 Å². The van der Waals surface area contributed by atoms with E-state index in [4.69, 9.17) is 11.2 Å². The van der Waals surface area contributed by atoms with Crippen LogP contribution in [0, 0.1) is 18.2 Å². The average Bonchev–Trinajstić information content (AvgIpc) is 2.47. The smallest absolute Gasteiger partial charge is 0.148 e. The van der Waals surface area contributed by atoms with Crippen molar-refractivity contribution in [1.29, 1.82) is 0 Å². The Kier molecular flexibility index (Phi) is 5.66. The Morgan fingerprint density at radius 2 is 2.00 bits per heavy atom. The summed E-state index contributed by atoms with van der Waals surface area (Å²) in [5.41, 5.74) is 1.63. The molecule has 2 aromatic rings. The van der Waals surface area contributed by atoms with E-state index >= 15 is 0 Å². The van der Waals surface area contributed by atoms with Gasteiger partial charge in [-0.2, -0.15) is 0 Å². The van der Waals surface area contributed by atoms with Crippen molar-refractivity contribution in [3.8, 4) is 18.1 Å². The minimum atomic E-state index is -0.307. The van der Waals surface area contributed by atoms with E-state index in [0.717, 1.165) is 10.0 Å². The van der Waals surface area contributed by atoms with E-state index in [2.05, 4.69) is 43.1 Å². The quantitative estimate of drug-likeness (QED) is 0.699. The van der Waals surface area contributed by atoms with E-state index in [1.807, 2.05) is 18.2 Å². The molecule has 0 aliphatic rings. The largest absolute Gasteiger partial charge is 0.481 e. The highest BCUT2D eigenvalue weighted by atomic mass is 79.9. The van der Waals surface area contributed by atoms with Gasteiger partial charge < -0.3 is 10.1 Å². The van der Waals surface area contributed by atoms with Crippen LogP contribution in [0.15, 0.2) is 45.3 Å². The van der Waals surface area contributed by atoms with Gasteiger partial charge in [0, 0.05) is 22.3 Å². The van der Waals surface area contributed by atoms with Crippen LogP contribution >= 0.6 is 31.9 Å². The Morgan fingerprint density at radius 3 is 2.71 bits per heavy atom. The number of rotatable bonds is 5. The van der Waals surface area contributed by atoms with Crippen molar-refractivity contribution in [2.24, 2.45) is 0 Å². The van der Waals surface area contributed by atoms with Gasteiger partial charge in [-0.3, -0.25) is 0 Å². The van der Waals surface area contributed by atoms with Crippen molar-refractivity contribution in [1.82, 2.24) is 0 Å². The van der Waals surface area contributed by atoms with Crippen LogP contribution in [-0.4, -0.2) is 6.61 Å². The third kappa shape index (κ3) is 4.48. The number of ether oxygens (including phenoxy) is 1. The fourth-order valence-corrected chi connectivity index (χ4v) is 2.40. The fraction of sp³-hybridized carbons (Fsp3) is 0.125.